The van der Waals surface area contributed by atoms with Gasteiger partial charge in [-0.25, -0.2) is 10.9 Å². The zero-order valence-electron chi connectivity index (χ0n) is 5.72. The van der Waals surface area contributed by atoms with E-state index in [1.165, 1.54) is 0 Å². The Labute approximate surface area is 59.4 Å². The van der Waals surface area contributed by atoms with Crippen LogP contribution in [0.25, 0.3) is 0 Å². The lowest BCUT2D eigenvalue weighted by molar-refractivity contribution is -0.0740. The van der Waals surface area contributed by atoms with E-state index >= 15 is 0 Å². The van der Waals surface area contributed by atoms with Crippen molar-refractivity contribution in [3.05, 3.63) is 0 Å². The average molecular weight is 144 g/mol. The SMILES string of the molecule is C1CN(N2CCNN2)NN1. The third-order valence-corrected chi connectivity index (χ3v) is 1.60. The molecular formula is C4H12N6. The first-order chi connectivity index (χ1) is 4.97. The van der Waals surface area contributed by atoms with Crippen LogP contribution >= 0.6 is 0 Å². The minimum Gasteiger partial charge on any atom is -0.241 e. The van der Waals surface area contributed by atoms with Crippen molar-refractivity contribution in [2.24, 2.45) is 0 Å². The van der Waals surface area contributed by atoms with E-state index in [1.807, 2.05) is 10.2 Å². The van der Waals surface area contributed by atoms with Gasteiger partial charge in [-0.3, -0.25) is 0 Å². The highest BCUT2D eigenvalue weighted by atomic mass is 16.0. The Morgan fingerprint density at radius 1 is 0.800 bits per heavy atom. The third-order valence-electron chi connectivity index (χ3n) is 1.60. The smallest absolute Gasteiger partial charge is 0.0458 e. The fourth-order valence-electron chi connectivity index (χ4n) is 1.09. The summed E-state index contributed by atoms with van der Waals surface area (Å²) in [6.45, 7) is 3.96. The average Bonchev–Trinajstić information content (AvgIpc) is 2.59. The van der Waals surface area contributed by atoms with Crippen molar-refractivity contribution in [2.75, 3.05) is 26.2 Å². The molecule has 0 aromatic rings. The molecule has 6 nitrogen and oxygen atoms in total. The number of nitrogens with one attached hydrogen (secondary N) is 4. The molecule has 10 heavy (non-hydrogen) atoms. The van der Waals surface area contributed by atoms with E-state index in [1.54, 1.807) is 0 Å². The number of hydrogen-bond acceptors (Lipinski definition) is 6. The molecule has 0 atom stereocenters. The van der Waals surface area contributed by atoms with Gasteiger partial charge in [0.15, 0.2) is 0 Å². The minimum atomic E-state index is 0.984. The maximum Gasteiger partial charge on any atom is 0.0458 e. The summed E-state index contributed by atoms with van der Waals surface area (Å²) in [5, 5.41) is 4.00. The number of nitrogens with zero attached hydrogens (tertiary/aromatic N) is 2. The van der Waals surface area contributed by atoms with Crippen molar-refractivity contribution < 1.29 is 0 Å². The van der Waals surface area contributed by atoms with Gasteiger partial charge in [0.25, 0.3) is 0 Å². The number of rotatable bonds is 1. The summed E-state index contributed by atoms with van der Waals surface area (Å²) in [6.07, 6.45) is 0. The Bertz CT molecular complexity index is 90.3. The standard InChI is InChI=1S/C4H12N6/c1-3-9(7-5-1)10-4-2-6-8-10/h5-8H,1-4H2. The molecule has 6 heteroatoms. The molecule has 2 rings (SSSR count). The largest absolute Gasteiger partial charge is 0.241 e. The van der Waals surface area contributed by atoms with Crippen LogP contribution in [0, 0.1) is 0 Å². The zero-order chi connectivity index (χ0) is 6.81. The van der Waals surface area contributed by atoms with Gasteiger partial charge in [-0.1, -0.05) is 0 Å². The van der Waals surface area contributed by atoms with Crippen LogP contribution in [-0.2, 0) is 0 Å². The van der Waals surface area contributed by atoms with Gasteiger partial charge in [0.2, 0.25) is 0 Å². The second-order valence-electron chi connectivity index (χ2n) is 2.32. The van der Waals surface area contributed by atoms with E-state index in [9.17, 15) is 0 Å². The topological polar surface area (TPSA) is 54.6 Å². The van der Waals surface area contributed by atoms with Gasteiger partial charge < -0.3 is 0 Å². The lowest BCUT2D eigenvalue weighted by Crippen LogP contribution is -2.53. The lowest BCUT2D eigenvalue weighted by atomic mass is 10.6. The van der Waals surface area contributed by atoms with Gasteiger partial charge in [-0.15, -0.1) is 10.2 Å². The molecule has 2 aliphatic heterocycles. The second-order valence-corrected chi connectivity index (χ2v) is 2.32. The van der Waals surface area contributed by atoms with Crippen molar-refractivity contribution in [1.82, 2.24) is 32.2 Å². The van der Waals surface area contributed by atoms with E-state index in [4.69, 9.17) is 0 Å². The Morgan fingerprint density at radius 2 is 1.30 bits per heavy atom. The Hall–Kier alpha value is -0.240. The summed E-state index contributed by atoms with van der Waals surface area (Å²) >= 11 is 0. The lowest BCUT2D eigenvalue weighted by Gasteiger charge is -2.24. The van der Waals surface area contributed by atoms with Crippen LogP contribution in [0.3, 0.4) is 0 Å². The van der Waals surface area contributed by atoms with Gasteiger partial charge >= 0.3 is 0 Å². The fourth-order valence-corrected chi connectivity index (χ4v) is 1.09. The molecule has 2 fully saturated rings. The molecule has 0 radical (unpaired) electrons. The quantitative estimate of drug-likeness (QED) is 0.328. The first-order valence-corrected chi connectivity index (χ1v) is 3.49. The first kappa shape index (κ1) is 6.47. The highest BCUT2D eigenvalue weighted by Crippen LogP contribution is 1.93. The van der Waals surface area contributed by atoms with Gasteiger partial charge in [0.1, 0.15) is 0 Å². The second kappa shape index (κ2) is 2.79. The van der Waals surface area contributed by atoms with Crippen molar-refractivity contribution in [3.8, 4) is 0 Å². The van der Waals surface area contributed by atoms with Crippen LogP contribution in [0.5, 0.6) is 0 Å². The van der Waals surface area contributed by atoms with Crippen LogP contribution in [0.1, 0.15) is 0 Å². The highest BCUT2D eigenvalue weighted by molar-refractivity contribution is 4.60. The molecule has 4 N–H and O–H groups in total. The molecule has 0 amide bonds. The van der Waals surface area contributed by atoms with E-state index < -0.39 is 0 Å². The summed E-state index contributed by atoms with van der Waals surface area (Å²) in [6, 6.07) is 0. The first-order valence-electron chi connectivity index (χ1n) is 3.49. The molecule has 2 saturated heterocycles. The molecule has 0 aromatic carbocycles. The number of hydrazine groups is 5. The summed E-state index contributed by atoms with van der Waals surface area (Å²) in [7, 11) is 0. The van der Waals surface area contributed by atoms with Crippen LogP contribution < -0.4 is 21.9 Å². The van der Waals surface area contributed by atoms with Crippen LogP contribution in [0.15, 0.2) is 0 Å². The van der Waals surface area contributed by atoms with Crippen molar-refractivity contribution in [1.29, 1.82) is 0 Å². The molecular weight excluding hydrogens is 132 g/mol. The normalized spacial score (nSPS) is 30.0. The van der Waals surface area contributed by atoms with Gasteiger partial charge in [-0.2, -0.15) is 11.1 Å². The van der Waals surface area contributed by atoms with E-state index in [-0.39, 0.29) is 0 Å². The van der Waals surface area contributed by atoms with Crippen LogP contribution in [-0.4, -0.2) is 36.4 Å². The Morgan fingerprint density at radius 3 is 1.60 bits per heavy atom. The maximum absolute atomic E-state index is 3.02. The van der Waals surface area contributed by atoms with Gasteiger partial charge in [-0.05, 0) is 0 Å². The molecule has 0 unspecified atom stereocenters. The molecule has 0 aliphatic carbocycles. The highest BCUT2D eigenvalue weighted by Gasteiger charge is 2.21. The predicted octanol–water partition coefficient (Wildman–Crippen LogP) is -2.45. The van der Waals surface area contributed by atoms with Gasteiger partial charge in [0.05, 0.1) is 0 Å². The third kappa shape index (κ3) is 1.12. The van der Waals surface area contributed by atoms with E-state index in [0.29, 0.717) is 0 Å². The summed E-state index contributed by atoms with van der Waals surface area (Å²) < 4.78 is 0. The Kier molecular flexibility index (Phi) is 1.80. The molecule has 2 aliphatic rings. The van der Waals surface area contributed by atoms with Crippen molar-refractivity contribution in [3.63, 3.8) is 0 Å². The predicted molar refractivity (Wildman–Crippen MR) is 35.7 cm³/mol. The summed E-state index contributed by atoms with van der Waals surface area (Å²) in [5.74, 6) is 0. The molecule has 58 valence electrons. The van der Waals surface area contributed by atoms with Gasteiger partial charge in [0, 0.05) is 26.2 Å². The van der Waals surface area contributed by atoms with Crippen molar-refractivity contribution in [2.45, 2.75) is 0 Å². The van der Waals surface area contributed by atoms with Crippen LogP contribution in [0.4, 0.5) is 0 Å². The maximum atomic E-state index is 3.02. The molecule has 2 heterocycles. The number of hydrogen-bond donors (Lipinski definition) is 4. The van der Waals surface area contributed by atoms with E-state index in [0.717, 1.165) is 26.2 Å². The summed E-state index contributed by atoms with van der Waals surface area (Å²) in [4.78, 5) is 0. The molecule has 0 bridgehead atoms. The van der Waals surface area contributed by atoms with E-state index in [2.05, 4.69) is 21.9 Å². The fraction of sp³-hybridized carbons (Fsp3) is 1.00. The molecule has 0 saturated carbocycles. The molecule has 0 spiro atoms. The monoisotopic (exact) mass is 144 g/mol. The summed E-state index contributed by atoms with van der Waals surface area (Å²) in [5.41, 5.74) is 12.0. The van der Waals surface area contributed by atoms with Crippen LogP contribution in [0.2, 0.25) is 0 Å². The Balaban J connectivity index is 1.85. The zero-order valence-corrected chi connectivity index (χ0v) is 5.72. The van der Waals surface area contributed by atoms with Crippen molar-refractivity contribution >= 4 is 0 Å². The minimum absolute atomic E-state index is 0.984. The molecule has 0 aromatic heterocycles.